The van der Waals surface area contributed by atoms with E-state index in [0.717, 1.165) is 11.5 Å². The summed E-state index contributed by atoms with van der Waals surface area (Å²) in [5.41, 5.74) is 1.29. The van der Waals surface area contributed by atoms with Gasteiger partial charge in [0.15, 0.2) is 0 Å². The van der Waals surface area contributed by atoms with Crippen molar-refractivity contribution >= 4 is 29.5 Å². The van der Waals surface area contributed by atoms with Crippen LogP contribution in [0.2, 0.25) is 0 Å². The lowest BCUT2D eigenvalue weighted by Gasteiger charge is -2.09. The van der Waals surface area contributed by atoms with Gasteiger partial charge in [-0.3, -0.25) is 4.79 Å². The van der Waals surface area contributed by atoms with E-state index >= 15 is 0 Å². The van der Waals surface area contributed by atoms with E-state index in [1.165, 1.54) is 17.6 Å². The highest BCUT2D eigenvalue weighted by Crippen LogP contribution is 2.22. The number of hydrogen-bond donors (Lipinski definition) is 0. The molecule has 0 saturated carbocycles. The van der Waals surface area contributed by atoms with Gasteiger partial charge in [-0.2, -0.15) is 11.8 Å². The Bertz CT molecular complexity index is 363. The van der Waals surface area contributed by atoms with Crippen molar-refractivity contribution in [2.45, 2.75) is 30.4 Å². The van der Waals surface area contributed by atoms with Gasteiger partial charge in [-0.05, 0) is 19.1 Å². The lowest BCUT2D eigenvalue weighted by molar-refractivity contribution is -0.140. The fraction of sp³-hybridized carbons (Fsp3) is 0.500. The Labute approximate surface area is 118 Å². The molecule has 100 valence electrons. The van der Waals surface area contributed by atoms with E-state index in [2.05, 4.69) is 42.8 Å². The van der Waals surface area contributed by atoms with E-state index in [-0.39, 0.29) is 5.97 Å². The van der Waals surface area contributed by atoms with Crippen LogP contribution in [-0.4, -0.2) is 29.8 Å². The largest absolute Gasteiger partial charge is 0.469 e. The molecular formula is C14H20O2S2. The summed E-state index contributed by atoms with van der Waals surface area (Å²) in [5.74, 6) is 2.00. The average Bonchev–Trinajstić information content (AvgIpc) is 2.36. The van der Waals surface area contributed by atoms with E-state index in [0.29, 0.717) is 11.7 Å². The van der Waals surface area contributed by atoms with E-state index in [4.69, 9.17) is 0 Å². The standard InChI is InChI=1S/C14H20O2S2/c1-11-4-6-13(7-5-11)18-9-8-17-12(2)10-14(15)16-3/h4-7,12H,8-10H2,1-3H3. The topological polar surface area (TPSA) is 26.3 Å². The molecule has 1 unspecified atom stereocenters. The van der Waals surface area contributed by atoms with Crippen LogP contribution in [0.1, 0.15) is 18.9 Å². The molecule has 0 bridgehead atoms. The van der Waals surface area contributed by atoms with Crippen LogP contribution in [0.3, 0.4) is 0 Å². The van der Waals surface area contributed by atoms with Crippen molar-refractivity contribution in [3.05, 3.63) is 29.8 Å². The number of esters is 1. The number of carbonyl (C=O) groups is 1. The number of aryl methyl sites for hydroxylation is 1. The van der Waals surface area contributed by atoms with Crippen LogP contribution in [0.15, 0.2) is 29.2 Å². The van der Waals surface area contributed by atoms with Crippen LogP contribution in [0.25, 0.3) is 0 Å². The highest BCUT2D eigenvalue weighted by molar-refractivity contribution is 8.03. The van der Waals surface area contributed by atoms with E-state index in [1.807, 2.05) is 23.5 Å². The summed E-state index contributed by atoms with van der Waals surface area (Å²) in [5, 5.41) is 0.330. The molecule has 0 fully saturated rings. The molecule has 18 heavy (non-hydrogen) atoms. The Morgan fingerprint density at radius 1 is 1.28 bits per heavy atom. The van der Waals surface area contributed by atoms with Crippen LogP contribution >= 0.6 is 23.5 Å². The molecule has 1 aromatic rings. The Morgan fingerprint density at radius 3 is 2.56 bits per heavy atom. The fourth-order valence-corrected chi connectivity index (χ4v) is 3.36. The Balaban J connectivity index is 2.14. The summed E-state index contributed by atoms with van der Waals surface area (Å²) in [7, 11) is 1.44. The third-order valence-corrected chi connectivity index (χ3v) is 4.90. The van der Waals surface area contributed by atoms with Crippen LogP contribution in [-0.2, 0) is 9.53 Å². The van der Waals surface area contributed by atoms with Crippen LogP contribution in [0, 0.1) is 6.92 Å². The molecule has 0 aromatic heterocycles. The summed E-state index contributed by atoms with van der Waals surface area (Å²) < 4.78 is 4.65. The molecule has 1 rings (SSSR count). The van der Waals surface area contributed by atoms with Gasteiger partial charge in [0.05, 0.1) is 13.5 Å². The number of benzene rings is 1. The van der Waals surface area contributed by atoms with Gasteiger partial charge in [0.1, 0.15) is 0 Å². The molecule has 1 aromatic carbocycles. The minimum Gasteiger partial charge on any atom is -0.469 e. The molecule has 1 atom stereocenters. The summed E-state index contributed by atoms with van der Waals surface area (Å²) in [6.07, 6.45) is 0.496. The average molecular weight is 284 g/mol. The molecule has 4 heteroatoms. The second-order valence-corrected chi connectivity index (χ2v) is 6.84. The monoisotopic (exact) mass is 284 g/mol. The van der Waals surface area contributed by atoms with Crippen molar-refractivity contribution in [1.29, 1.82) is 0 Å². The van der Waals surface area contributed by atoms with Crippen molar-refractivity contribution in [2.24, 2.45) is 0 Å². The summed E-state index contributed by atoms with van der Waals surface area (Å²) in [6.45, 7) is 4.16. The Hall–Kier alpha value is -0.610. The van der Waals surface area contributed by atoms with E-state index in [9.17, 15) is 4.79 Å². The normalized spacial score (nSPS) is 12.2. The number of carbonyl (C=O) groups excluding carboxylic acids is 1. The summed E-state index contributed by atoms with van der Waals surface area (Å²) >= 11 is 3.68. The summed E-state index contributed by atoms with van der Waals surface area (Å²) in [4.78, 5) is 12.4. The van der Waals surface area contributed by atoms with Gasteiger partial charge in [0.25, 0.3) is 0 Å². The van der Waals surface area contributed by atoms with Gasteiger partial charge in [0.2, 0.25) is 0 Å². The molecule has 0 aliphatic rings. The lowest BCUT2D eigenvalue weighted by Crippen LogP contribution is -2.09. The molecule has 0 aliphatic heterocycles. The van der Waals surface area contributed by atoms with Gasteiger partial charge >= 0.3 is 5.97 Å². The minimum atomic E-state index is -0.124. The van der Waals surface area contributed by atoms with Crippen molar-refractivity contribution in [3.63, 3.8) is 0 Å². The zero-order valence-corrected chi connectivity index (χ0v) is 12.8. The number of methoxy groups -OCH3 is 1. The fourth-order valence-electron chi connectivity index (χ4n) is 1.42. The van der Waals surface area contributed by atoms with Gasteiger partial charge in [-0.25, -0.2) is 0 Å². The third kappa shape index (κ3) is 6.36. The van der Waals surface area contributed by atoms with Crippen molar-refractivity contribution in [2.75, 3.05) is 18.6 Å². The molecule has 0 radical (unpaired) electrons. The van der Waals surface area contributed by atoms with Gasteiger partial charge in [-0.15, -0.1) is 11.8 Å². The van der Waals surface area contributed by atoms with E-state index in [1.54, 1.807) is 0 Å². The zero-order valence-electron chi connectivity index (χ0n) is 11.1. The number of hydrogen-bond acceptors (Lipinski definition) is 4. The van der Waals surface area contributed by atoms with Crippen LogP contribution < -0.4 is 0 Å². The molecule has 0 N–H and O–H groups in total. The maximum atomic E-state index is 11.1. The molecule has 0 saturated heterocycles. The zero-order chi connectivity index (χ0) is 13.4. The maximum absolute atomic E-state index is 11.1. The SMILES string of the molecule is COC(=O)CC(C)SCCSc1ccc(C)cc1. The first kappa shape index (κ1) is 15.4. The quantitative estimate of drug-likeness (QED) is 0.432. The second-order valence-electron chi connectivity index (χ2n) is 4.12. The molecule has 0 aliphatic carbocycles. The van der Waals surface area contributed by atoms with E-state index < -0.39 is 0 Å². The van der Waals surface area contributed by atoms with Crippen molar-refractivity contribution < 1.29 is 9.53 Å². The van der Waals surface area contributed by atoms with Crippen LogP contribution in [0.4, 0.5) is 0 Å². The molecule has 0 heterocycles. The number of ether oxygens (including phenoxy) is 1. The smallest absolute Gasteiger partial charge is 0.306 e. The Morgan fingerprint density at radius 2 is 1.94 bits per heavy atom. The second kappa shape index (κ2) is 8.48. The highest BCUT2D eigenvalue weighted by Gasteiger charge is 2.09. The van der Waals surface area contributed by atoms with Gasteiger partial charge in [0, 0.05) is 21.7 Å². The van der Waals surface area contributed by atoms with Crippen LogP contribution in [0.5, 0.6) is 0 Å². The predicted octanol–water partition coefficient (Wildman–Crippen LogP) is 3.77. The third-order valence-electron chi connectivity index (χ3n) is 2.46. The lowest BCUT2D eigenvalue weighted by atomic mass is 10.2. The summed E-state index contributed by atoms with van der Waals surface area (Å²) in [6, 6.07) is 8.58. The first-order chi connectivity index (χ1) is 8.61. The highest BCUT2D eigenvalue weighted by atomic mass is 32.2. The molecule has 2 nitrogen and oxygen atoms in total. The molecule has 0 amide bonds. The van der Waals surface area contributed by atoms with Gasteiger partial charge < -0.3 is 4.74 Å². The molecule has 0 spiro atoms. The van der Waals surface area contributed by atoms with Crippen molar-refractivity contribution in [1.82, 2.24) is 0 Å². The number of thioether (sulfide) groups is 2. The maximum Gasteiger partial charge on any atom is 0.306 e. The minimum absolute atomic E-state index is 0.124. The Kier molecular flexibility index (Phi) is 7.28. The van der Waals surface area contributed by atoms with Crippen molar-refractivity contribution in [3.8, 4) is 0 Å². The molecular weight excluding hydrogens is 264 g/mol. The first-order valence-corrected chi connectivity index (χ1v) is 8.03. The first-order valence-electron chi connectivity index (χ1n) is 5.99. The number of rotatable bonds is 7. The van der Waals surface area contributed by atoms with Gasteiger partial charge in [-0.1, -0.05) is 24.6 Å². The predicted molar refractivity (Wildman–Crippen MR) is 80.5 cm³/mol.